The second kappa shape index (κ2) is 10.3. The molecule has 0 radical (unpaired) electrons. The molecule has 1 aliphatic carbocycles. The molecule has 0 bridgehead atoms. The first-order valence-corrected chi connectivity index (χ1v) is 12.1. The topological polar surface area (TPSA) is 92.3 Å². The average molecular weight is 582 g/mol. The van der Waals surface area contributed by atoms with Crippen molar-refractivity contribution < 1.29 is 45.5 Å². The Balaban J connectivity index is 1.47. The number of hydrogen-bond donors (Lipinski definition) is 2. The van der Waals surface area contributed by atoms with E-state index >= 15 is 0 Å². The van der Waals surface area contributed by atoms with Crippen LogP contribution in [0, 0.1) is 0 Å². The van der Waals surface area contributed by atoms with Crippen molar-refractivity contribution in [2.24, 2.45) is 0 Å². The Kier molecular flexibility index (Phi) is 6.93. The number of fused-ring (bicyclic) bond motifs is 2. The highest BCUT2D eigenvalue weighted by molar-refractivity contribution is 6.32. The van der Waals surface area contributed by atoms with Crippen LogP contribution < -0.4 is 10.6 Å². The molecule has 6 nitrogen and oxygen atoms in total. The van der Waals surface area contributed by atoms with Crippen LogP contribution >= 0.6 is 0 Å². The van der Waals surface area contributed by atoms with E-state index in [0.717, 1.165) is 36.4 Å². The van der Waals surface area contributed by atoms with Gasteiger partial charge in [0.1, 0.15) is 0 Å². The smallest absolute Gasteiger partial charge is 0.321 e. The van der Waals surface area contributed by atoms with Gasteiger partial charge in [0.25, 0.3) is 11.8 Å². The molecule has 42 heavy (non-hydrogen) atoms. The van der Waals surface area contributed by atoms with E-state index in [4.69, 9.17) is 0 Å². The second-order valence-electron chi connectivity index (χ2n) is 9.18. The summed E-state index contributed by atoms with van der Waals surface area (Å²) in [5.41, 5.74) is -3.77. The SMILES string of the molecule is O=C(Nc1cccc2c1C(=O)c1cccc(NC(=O)c3cccc(C(F)(F)F)c3)c1C2=O)c1cccc(C(F)(F)F)c1. The van der Waals surface area contributed by atoms with Gasteiger partial charge in [-0.2, -0.15) is 26.3 Å². The Bertz CT molecular complexity index is 1660. The Morgan fingerprint density at radius 3 is 1.24 bits per heavy atom. The summed E-state index contributed by atoms with van der Waals surface area (Å²) in [5, 5.41) is 4.78. The second-order valence-corrected chi connectivity index (χ2v) is 9.18. The van der Waals surface area contributed by atoms with Crippen LogP contribution in [0.1, 0.15) is 63.7 Å². The number of nitrogens with one attached hydrogen (secondary N) is 2. The summed E-state index contributed by atoms with van der Waals surface area (Å²) in [6.45, 7) is 0. The number of amides is 2. The Morgan fingerprint density at radius 2 is 0.881 bits per heavy atom. The van der Waals surface area contributed by atoms with E-state index in [2.05, 4.69) is 10.6 Å². The van der Waals surface area contributed by atoms with Crippen LogP contribution in [0.2, 0.25) is 0 Å². The van der Waals surface area contributed by atoms with Gasteiger partial charge in [0.15, 0.2) is 11.6 Å². The Labute approximate surface area is 233 Å². The highest BCUT2D eigenvalue weighted by Gasteiger charge is 2.35. The lowest BCUT2D eigenvalue weighted by Crippen LogP contribution is -2.26. The molecule has 0 aromatic heterocycles. The first kappa shape index (κ1) is 28.3. The lowest BCUT2D eigenvalue weighted by Gasteiger charge is -2.22. The third-order valence-electron chi connectivity index (χ3n) is 6.47. The minimum absolute atomic E-state index is 0.127. The summed E-state index contributed by atoms with van der Waals surface area (Å²) in [6.07, 6.45) is -9.38. The molecule has 0 atom stereocenters. The fourth-order valence-corrected chi connectivity index (χ4v) is 4.51. The lowest BCUT2D eigenvalue weighted by molar-refractivity contribution is -0.138. The van der Waals surface area contributed by atoms with Crippen molar-refractivity contribution in [3.63, 3.8) is 0 Å². The molecule has 5 rings (SSSR count). The van der Waals surface area contributed by atoms with Gasteiger partial charge in [0, 0.05) is 22.3 Å². The van der Waals surface area contributed by atoms with Gasteiger partial charge >= 0.3 is 12.4 Å². The zero-order valence-corrected chi connectivity index (χ0v) is 21.0. The monoisotopic (exact) mass is 582 g/mol. The maximum absolute atomic E-state index is 13.6. The largest absolute Gasteiger partial charge is 0.416 e. The molecular formula is C30H16F6N2O4. The van der Waals surface area contributed by atoms with Crippen molar-refractivity contribution in [3.8, 4) is 0 Å². The van der Waals surface area contributed by atoms with E-state index in [1.807, 2.05) is 0 Å². The van der Waals surface area contributed by atoms with E-state index < -0.39 is 46.9 Å². The fourth-order valence-electron chi connectivity index (χ4n) is 4.51. The highest BCUT2D eigenvalue weighted by atomic mass is 19.4. The molecule has 4 aromatic carbocycles. The first-order chi connectivity index (χ1) is 19.8. The Hall–Kier alpha value is -5.26. The number of hydrogen-bond acceptors (Lipinski definition) is 4. The zero-order chi connectivity index (χ0) is 30.4. The molecule has 0 aliphatic heterocycles. The van der Waals surface area contributed by atoms with E-state index in [9.17, 15) is 45.5 Å². The number of benzene rings is 4. The number of alkyl halides is 6. The third kappa shape index (κ3) is 5.26. The van der Waals surface area contributed by atoms with Gasteiger partial charge in [-0.25, -0.2) is 0 Å². The molecule has 1 aliphatic rings. The number of halogens is 6. The van der Waals surface area contributed by atoms with Crippen molar-refractivity contribution in [2.75, 3.05) is 10.6 Å². The third-order valence-corrected chi connectivity index (χ3v) is 6.47. The van der Waals surface area contributed by atoms with Crippen molar-refractivity contribution in [1.29, 1.82) is 0 Å². The van der Waals surface area contributed by atoms with Gasteiger partial charge in [-0.3, -0.25) is 19.2 Å². The standard InChI is InChI=1S/C30H16F6N2O4/c31-29(32,33)17-7-1-5-15(13-17)27(41)37-21-11-3-9-19-23(21)25(39)20-10-4-12-22(24(20)26(19)40)38-28(42)16-6-2-8-18(14-16)30(34,35)36/h1-14H,(H,37,41)(H,38,42). The minimum atomic E-state index is -4.69. The molecule has 0 fully saturated rings. The molecule has 12 heteroatoms. The quantitative estimate of drug-likeness (QED) is 0.223. The van der Waals surface area contributed by atoms with Gasteiger partial charge in [0.2, 0.25) is 0 Å². The Morgan fingerprint density at radius 1 is 0.524 bits per heavy atom. The van der Waals surface area contributed by atoms with E-state index in [1.165, 1.54) is 36.4 Å². The van der Waals surface area contributed by atoms with Crippen molar-refractivity contribution in [2.45, 2.75) is 12.4 Å². The van der Waals surface area contributed by atoms with Crippen LogP contribution in [0.4, 0.5) is 37.7 Å². The predicted octanol–water partition coefficient (Wildman–Crippen LogP) is 7.00. The van der Waals surface area contributed by atoms with Crippen LogP contribution in [-0.4, -0.2) is 23.4 Å². The van der Waals surface area contributed by atoms with Gasteiger partial charge in [-0.15, -0.1) is 0 Å². The van der Waals surface area contributed by atoms with Gasteiger partial charge in [-0.05, 0) is 48.5 Å². The van der Waals surface area contributed by atoms with Crippen LogP contribution in [0.5, 0.6) is 0 Å². The summed E-state index contributed by atoms with van der Waals surface area (Å²) in [6, 6.07) is 15.2. The molecule has 0 unspecified atom stereocenters. The van der Waals surface area contributed by atoms with Crippen LogP contribution in [0.15, 0.2) is 84.9 Å². The number of carbonyl (C=O) groups excluding carboxylic acids is 4. The summed E-state index contributed by atoms with van der Waals surface area (Å²) < 4.78 is 78.6. The molecule has 0 saturated heterocycles. The van der Waals surface area contributed by atoms with Crippen molar-refractivity contribution in [3.05, 3.63) is 129 Å². The molecular weight excluding hydrogens is 566 g/mol. The number of anilines is 2. The minimum Gasteiger partial charge on any atom is -0.321 e. The normalized spacial score (nSPS) is 12.8. The molecule has 0 heterocycles. The summed E-state index contributed by atoms with van der Waals surface area (Å²) in [7, 11) is 0. The lowest BCUT2D eigenvalue weighted by atomic mass is 9.82. The van der Waals surface area contributed by atoms with E-state index in [-0.39, 0.29) is 44.8 Å². The van der Waals surface area contributed by atoms with Gasteiger partial charge in [-0.1, -0.05) is 36.4 Å². The fraction of sp³-hybridized carbons (Fsp3) is 0.0667. The summed E-state index contributed by atoms with van der Waals surface area (Å²) >= 11 is 0. The number of carbonyl (C=O) groups is 4. The van der Waals surface area contributed by atoms with Crippen LogP contribution in [0.25, 0.3) is 0 Å². The molecule has 0 spiro atoms. The zero-order valence-electron chi connectivity index (χ0n) is 21.0. The van der Waals surface area contributed by atoms with Crippen LogP contribution in [-0.2, 0) is 12.4 Å². The summed E-state index contributed by atoms with van der Waals surface area (Å²) in [4.78, 5) is 52.7. The van der Waals surface area contributed by atoms with Crippen molar-refractivity contribution in [1.82, 2.24) is 0 Å². The molecule has 2 amide bonds. The van der Waals surface area contributed by atoms with Gasteiger partial charge < -0.3 is 10.6 Å². The molecule has 2 N–H and O–H groups in total. The first-order valence-electron chi connectivity index (χ1n) is 12.1. The number of ketones is 2. The average Bonchev–Trinajstić information content (AvgIpc) is 2.95. The summed E-state index contributed by atoms with van der Waals surface area (Å²) in [5.74, 6) is -3.37. The molecule has 0 saturated carbocycles. The highest BCUT2D eigenvalue weighted by Crippen LogP contribution is 2.36. The van der Waals surface area contributed by atoms with Crippen molar-refractivity contribution >= 4 is 34.8 Å². The molecule has 212 valence electrons. The maximum Gasteiger partial charge on any atom is 0.416 e. The van der Waals surface area contributed by atoms with Crippen LogP contribution in [0.3, 0.4) is 0 Å². The van der Waals surface area contributed by atoms with Gasteiger partial charge in [0.05, 0.1) is 33.6 Å². The maximum atomic E-state index is 13.6. The predicted molar refractivity (Wildman–Crippen MR) is 139 cm³/mol. The molecule has 4 aromatic rings. The van der Waals surface area contributed by atoms with E-state index in [0.29, 0.717) is 12.1 Å². The van der Waals surface area contributed by atoms with E-state index in [1.54, 1.807) is 0 Å². The number of rotatable bonds is 4.